The number of aromatic nitrogens is 2. The molecule has 0 aliphatic heterocycles. The number of aliphatic carboxylic acids is 1. The number of rotatable bonds is 5. The van der Waals surface area contributed by atoms with Crippen molar-refractivity contribution >= 4 is 23.5 Å². The van der Waals surface area contributed by atoms with Crippen LogP contribution in [0.15, 0.2) is 28.8 Å². The van der Waals surface area contributed by atoms with Gasteiger partial charge in [-0.1, -0.05) is 16.8 Å². The quantitative estimate of drug-likeness (QED) is 0.812. The number of carbonyl (C=O) groups is 2. The molecule has 1 amide bonds. The summed E-state index contributed by atoms with van der Waals surface area (Å²) in [6.07, 6.45) is 0. The summed E-state index contributed by atoms with van der Waals surface area (Å²) in [7, 11) is 0. The molecule has 0 aliphatic rings. The van der Waals surface area contributed by atoms with E-state index in [-0.39, 0.29) is 11.7 Å². The first-order chi connectivity index (χ1) is 10.7. The summed E-state index contributed by atoms with van der Waals surface area (Å²) in [4.78, 5) is 27.3. The Morgan fingerprint density at radius 2 is 1.91 bits per heavy atom. The van der Waals surface area contributed by atoms with E-state index in [2.05, 4.69) is 15.5 Å². The molecule has 2 aromatic rings. The molecule has 1 atom stereocenters. The van der Waals surface area contributed by atoms with E-state index in [1.807, 2.05) is 0 Å². The SMILES string of the molecule is CC(NC(=O)C(C)(C)C(=O)O)c1noc(-c2ccc(Cl)cc2)n1. The van der Waals surface area contributed by atoms with Crippen LogP contribution in [0.4, 0.5) is 0 Å². The van der Waals surface area contributed by atoms with Gasteiger partial charge in [-0.05, 0) is 45.0 Å². The number of benzene rings is 1. The van der Waals surface area contributed by atoms with Gasteiger partial charge in [0.05, 0.1) is 6.04 Å². The highest BCUT2D eigenvalue weighted by Crippen LogP contribution is 2.22. The molecule has 1 aromatic carbocycles. The molecule has 122 valence electrons. The smallest absolute Gasteiger partial charge is 0.318 e. The lowest BCUT2D eigenvalue weighted by Crippen LogP contribution is -2.43. The number of carboxylic acid groups (broad SMARTS) is 1. The summed E-state index contributed by atoms with van der Waals surface area (Å²) in [5, 5.41) is 16.0. The van der Waals surface area contributed by atoms with Crippen molar-refractivity contribution in [2.75, 3.05) is 0 Å². The van der Waals surface area contributed by atoms with Crippen molar-refractivity contribution in [1.82, 2.24) is 15.5 Å². The Labute approximate surface area is 137 Å². The van der Waals surface area contributed by atoms with Gasteiger partial charge in [0.1, 0.15) is 5.41 Å². The van der Waals surface area contributed by atoms with Crippen LogP contribution in [0.1, 0.15) is 32.6 Å². The van der Waals surface area contributed by atoms with Gasteiger partial charge >= 0.3 is 5.97 Å². The van der Waals surface area contributed by atoms with E-state index in [0.717, 1.165) is 0 Å². The highest BCUT2D eigenvalue weighted by molar-refractivity contribution is 6.30. The molecule has 2 N–H and O–H groups in total. The number of amides is 1. The van der Waals surface area contributed by atoms with Crippen molar-refractivity contribution < 1.29 is 19.2 Å². The first-order valence-corrected chi connectivity index (χ1v) is 7.23. The van der Waals surface area contributed by atoms with Crippen LogP contribution in [-0.2, 0) is 9.59 Å². The van der Waals surface area contributed by atoms with E-state index in [9.17, 15) is 9.59 Å². The van der Waals surface area contributed by atoms with Gasteiger partial charge in [-0.15, -0.1) is 0 Å². The molecule has 1 heterocycles. The number of hydrogen-bond donors (Lipinski definition) is 2. The molecular weight excluding hydrogens is 322 g/mol. The van der Waals surface area contributed by atoms with Crippen LogP contribution in [0.25, 0.3) is 11.5 Å². The molecule has 0 saturated heterocycles. The summed E-state index contributed by atoms with van der Waals surface area (Å²) >= 11 is 5.82. The average molecular weight is 338 g/mol. The molecule has 2 rings (SSSR count). The van der Waals surface area contributed by atoms with E-state index in [1.54, 1.807) is 31.2 Å². The normalized spacial score (nSPS) is 12.7. The zero-order chi connectivity index (χ0) is 17.2. The topological polar surface area (TPSA) is 105 Å². The molecule has 0 spiro atoms. The number of carboxylic acids is 1. The number of halogens is 1. The monoisotopic (exact) mass is 337 g/mol. The molecule has 23 heavy (non-hydrogen) atoms. The van der Waals surface area contributed by atoms with Gasteiger partial charge in [0, 0.05) is 10.6 Å². The number of hydrogen-bond acceptors (Lipinski definition) is 5. The maximum Gasteiger partial charge on any atom is 0.318 e. The van der Waals surface area contributed by atoms with Crippen LogP contribution in [0, 0.1) is 5.41 Å². The molecular formula is C15H16ClN3O4. The van der Waals surface area contributed by atoms with Crippen molar-refractivity contribution in [3.05, 3.63) is 35.1 Å². The fourth-order valence-electron chi connectivity index (χ4n) is 1.66. The summed E-state index contributed by atoms with van der Waals surface area (Å²) < 4.78 is 5.15. The maximum atomic E-state index is 12.0. The minimum Gasteiger partial charge on any atom is -0.480 e. The standard InChI is InChI=1S/C15H16ClN3O4/c1-8(17-13(20)15(2,3)14(21)22)11-18-12(23-19-11)9-4-6-10(16)7-5-9/h4-8H,1-3H3,(H,17,20)(H,21,22). The Bertz CT molecular complexity index is 725. The molecule has 1 unspecified atom stereocenters. The van der Waals surface area contributed by atoms with E-state index >= 15 is 0 Å². The molecule has 0 radical (unpaired) electrons. The van der Waals surface area contributed by atoms with Crippen LogP contribution < -0.4 is 5.32 Å². The van der Waals surface area contributed by atoms with Crippen LogP contribution >= 0.6 is 11.6 Å². The Morgan fingerprint density at radius 3 is 2.48 bits per heavy atom. The van der Waals surface area contributed by atoms with Crippen LogP contribution in [-0.4, -0.2) is 27.1 Å². The molecule has 8 heteroatoms. The lowest BCUT2D eigenvalue weighted by molar-refractivity contribution is -0.153. The fraction of sp³-hybridized carbons (Fsp3) is 0.333. The molecule has 7 nitrogen and oxygen atoms in total. The lowest BCUT2D eigenvalue weighted by Gasteiger charge is -2.20. The highest BCUT2D eigenvalue weighted by Gasteiger charge is 2.37. The second-order valence-corrected chi connectivity index (χ2v) is 6.03. The van der Waals surface area contributed by atoms with Gasteiger partial charge in [0.25, 0.3) is 5.89 Å². The number of nitrogens with one attached hydrogen (secondary N) is 1. The fourth-order valence-corrected chi connectivity index (χ4v) is 1.79. The minimum atomic E-state index is -1.54. The molecule has 1 aromatic heterocycles. The van der Waals surface area contributed by atoms with Gasteiger partial charge in [0.15, 0.2) is 5.82 Å². The Balaban J connectivity index is 2.12. The third kappa shape index (κ3) is 3.68. The first kappa shape index (κ1) is 17.0. The predicted molar refractivity (Wildman–Crippen MR) is 82.7 cm³/mol. The van der Waals surface area contributed by atoms with E-state index < -0.39 is 23.3 Å². The van der Waals surface area contributed by atoms with Crippen molar-refractivity contribution in [3.8, 4) is 11.5 Å². The average Bonchev–Trinajstić information content (AvgIpc) is 2.97. The third-order valence-corrected chi connectivity index (χ3v) is 3.62. The predicted octanol–water partition coefficient (Wildman–Crippen LogP) is 2.68. The Kier molecular flexibility index (Phi) is 4.70. The summed E-state index contributed by atoms with van der Waals surface area (Å²) in [6.45, 7) is 4.30. The van der Waals surface area contributed by atoms with Crippen molar-refractivity contribution in [2.24, 2.45) is 5.41 Å². The number of carbonyl (C=O) groups excluding carboxylic acids is 1. The summed E-state index contributed by atoms with van der Waals surface area (Å²) in [5.41, 5.74) is -0.852. The van der Waals surface area contributed by atoms with Gasteiger partial charge in [-0.3, -0.25) is 9.59 Å². The largest absolute Gasteiger partial charge is 0.480 e. The highest BCUT2D eigenvalue weighted by atomic mass is 35.5. The zero-order valence-electron chi connectivity index (χ0n) is 12.8. The van der Waals surface area contributed by atoms with Crippen LogP contribution in [0.2, 0.25) is 5.02 Å². The second kappa shape index (κ2) is 6.37. The Hall–Kier alpha value is -2.41. The van der Waals surface area contributed by atoms with Crippen molar-refractivity contribution in [3.63, 3.8) is 0 Å². The maximum absolute atomic E-state index is 12.0. The van der Waals surface area contributed by atoms with Gasteiger partial charge < -0.3 is 14.9 Å². The van der Waals surface area contributed by atoms with Gasteiger partial charge in [-0.2, -0.15) is 4.98 Å². The van der Waals surface area contributed by atoms with Crippen LogP contribution in [0.5, 0.6) is 0 Å². The van der Waals surface area contributed by atoms with E-state index in [0.29, 0.717) is 10.6 Å². The second-order valence-electron chi connectivity index (χ2n) is 5.59. The first-order valence-electron chi connectivity index (χ1n) is 6.85. The number of nitrogens with zero attached hydrogens (tertiary/aromatic N) is 2. The van der Waals surface area contributed by atoms with Crippen molar-refractivity contribution in [2.45, 2.75) is 26.8 Å². The molecule has 0 bridgehead atoms. The Morgan fingerprint density at radius 1 is 1.30 bits per heavy atom. The van der Waals surface area contributed by atoms with E-state index in [1.165, 1.54) is 13.8 Å². The van der Waals surface area contributed by atoms with Crippen molar-refractivity contribution in [1.29, 1.82) is 0 Å². The molecule has 0 fully saturated rings. The minimum absolute atomic E-state index is 0.254. The van der Waals surface area contributed by atoms with Crippen LogP contribution in [0.3, 0.4) is 0 Å². The zero-order valence-corrected chi connectivity index (χ0v) is 13.6. The summed E-state index contributed by atoms with van der Waals surface area (Å²) in [5.74, 6) is -1.30. The van der Waals surface area contributed by atoms with Gasteiger partial charge in [0.2, 0.25) is 5.91 Å². The lowest BCUT2D eigenvalue weighted by atomic mass is 9.92. The third-order valence-electron chi connectivity index (χ3n) is 3.37. The summed E-state index contributed by atoms with van der Waals surface area (Å²) in [6, 6.07) is 6.26. The van der Waals surface area contributed by atoms with E-state index in [4.69, 9.17) is 21.2 Å². The molecule has 0 saturated carbocycles. The molecule has 0 aliphatic carbocycles. The van der Waals surface area contributed by atoms with Gasteiger partial charge in [-0.25, -0.2) is 0 Å².